The standard InChI is InChI=1S/C29H28ClN5/c1-19-2-4-24-26(8-12-34-28(24)14-19)32-10-6-20-15-21(17-23(31)16-20)7-11-33-27-9-13-35-29-18-22(30)3-5-25(27)29/h2-5,8-9,12-18H,6-7,10-11,31H2,1H3,(H,32,34)(H,33,35). The second-order valence-corrected chi connectivity index (χ2v) is 9.27. The quantitative estimate of drug-likeness (QED) is 0.217. The summed E-state index contributed by atoms with van der Waals surface area (Å²) in [5.41, 5.74) is 14.8. The van der Waals surface area contributed by atoms with Gasteiger partial charge in [-0.2, -0.15) is 0 Å². The predicted molar refractivity (Wildman–Crippen MR) is 148 cm³/mol. The van der Waals surface area contributed by atoms with Crippen molar-refractivity contribution in [2.24, 2.45) is 0 Å². The SMILES string of the molecule is Cc1ccc2c(NCCc3cc(N)cc(CCNc4ccnc5cc(Cl)ccc45)c3)ccnc2c1. The Morgan fingerprint density at radius 3 is 1.91 bits per heavy atom. The Hall–Kier alpha value is -3.83. The summed E-state index contributed by atoms with van der Waals surface area (Å²) >= 11 is 6.11. The van der Waals surface area contributed by atoms with Crippen LogP contribution in [0.5, 0.6) is 0 Å². The number of aryl methyl sites for hydroxylation is 1. The van der Waals surface area contributed by atoms with Gasteiger partial charge >= 0.3 is 0 Å². The summed E-state index contributed by atoms with van der Waals surface area (Å²) in [6, 6.07) is 22.5. The zero-order valence-corrected chi connectivity index (χ0v) is 20.4. The van der Waals surface area contributed by atoms with Crippen LogP contribution in [0.2, 0.25) is 5.02 Å². The number of anilines is 3. The van der Waals surface area contributed by atoms with Gasteiger partial charge < -0.3 is 16.4 Å². The molecule has 0 saturated heterocycles. The molecule has 5 rings (SSSR count). The molecule has 0 aliphatic heterocycles. The van der Waals surface area contributed by atoms with Crippen LogP contribution >= 0.6 is 11.6 Å². The maximum Gasteiger partial charge on any atom is 0.0737 e. The number of rotatable bonds is 8. The molecule has 2 heterocycles. The lowest BCUT2D eigenvalue weighted by molar-refractivity contribution is 0.988. The van der Waals surface area contributed by atoms with Crippen molar-refractivity contribution >= 4 is 50.5 Å². The fourth-order valence-electron chi connectivity index (χ4n) is 4.45. The van der Waals surface area contributed by atoms with Crippen molar-refractivity contribution in [3.8, 4) is 0 Å². The number of pyridine rings is 2. The number of fused-ring (bicyclic) bond motifs is 2. The van der Waals surface area contributed by atoms with Gasteiger partial charge in [-0.15, -0.1) is 0 Å². The van der Waals surface area contributed by atoms with E-state index in [1.807, 2.05) is 36.5 Å². The van der Waals surface area contributed by atoms with Crippen molar-refractivity contribution in [2.75, 3.05) is 29.5 Å². The van der Waals surface area contributed by atoms with Gasteiger partial charge in [0.05, 0.1) is 11.0 Å². The number of nitrogens with zero attached hydrogens (tertiary/aromatic N) is 2. The van der Waals surface area contributed by atoms with E-state index in [4.69, 9.17) is 17.3 Å². The zero-order chi connectivity index (χ0) is 24.2. The summed E-state index contributed by atoms with van der Waals surface area (Å²) in [5.74, 6) is 0. The van der Waals surface area contributed by atoms with Gasteiger partial charge in [-0.3, -0.25) is 9.97 Å². The average Bonchev–Trinajstić information content (AvgIpc) is 2.83. The summed E-state index contributed by atoms with van der Waals surface area (Å²) in [6.45, 7) is 3.70. The van der Waals surface area contributed by atoms with Crippen LogP contribution in [0, 0.1) is 6.92 Å². The van der Waals surface area contributed by atoms with Crippen LogP contribution in [0.1, 0.15) is 16.7 Å². The van der Waals surface area contributed by atoms with E-state index in [2.05, 4.69) is 63.9 Å². The highest BCUT2D eigenvalue weighted by Gasteiger charge is 2.05. The highest BCUT2D eigenvalue weighted by atomic mass is 35.5. The predicted octanol–water partition coefficient (Wildman–Crippen LogP) is 6.64. The average molecular weight is 482 g/mol. The second-order valence-electron chi connectivity index (χ2n) is 8.84. The minimum absolute atomic E-state index is 0.691. The third-order valence-corrected chi connectivity index (χ3v) is 6.37. The molecule has 0 amide bonds. The van der Waals surface area contributed by atoms with Gasteiger partial charge in [-0.05, 0) is 85.0 Å². The molecule has 0 aliphatic rings. The fraction of sp³-hybridized carbons (Fsp3) is 0.172. The third-order valence-electron chi connectivity index (χ3n) is 6.14. The highest BCUT2D eigenvalue weighted by Crippen LogP contribution is 2.25. The van der Waals surface area contributed by atoms with E-state index >= 15 is 0 Å². The minimum atomic E-state index is 0.691. The molecule has 0 saturated carbocycles. The Labute approximate surface area is 210 Å². The molecule has 3 aromatic carbocycles. The van der Waals surface area contributed by atoms with Crippen molar-refractivity contribution in [1.82, 2.24) is 9.97 Å². The van der Waals surface area contributed by atoms with E-state index in [1.54, 1.807) is 6.20 Å². The summed E-state index contributed by atoms with van der Waals surface area (Å²) in [4.78, 5) is 8.90. The normalized spacial score (nSPS) is 11.1. The number of hydrogen-bond acceptors (Lipinski definition) is 5. The molecule has 0 bridgehead atoms. The van der Waals surface area contributed by atoms with Crippen LogP contribution in [-0.2, 0) is 12.8 Å². The summed E-state index contributed by atoms with van der Waals surface area (Å²) in [7, 11) is 0. The van der Waals surface area contributed by atoms with Crippen molar-refractivity contribution < 1.29 is 0 Å². The van der Waals surface area contributed by atoms with E-state index in [-0.39, 0.29) is 0 Å². The lowest BCUT2D eigenvalue weighted by Gasteiger charge is -2.12. The Kier molecular flexibility index (Phi) is 6.68. The molecular formula is C29H28ClN5. The number of hydrogen-bond donors (Lipinski definition) is 3. The van der Waals surface area contributed by atoms with Crippen LogP contribution in [0.15, 0.2) is 79.1 Å². The molecule has 0 aliphatic carbocycles. The molecule has 5 aromatic rings. The van der Waals surface area contributed by atoms with Crippen molar-refractivity contribution in [3.63, 3.8) is 0 Å². The summed E-state index contributed by atoms with van der Waals surface area (Å²) < 4.78 is 0. The van der Waals surface area contributed by atoms with Crippen LogP contribution < -0.4 is 16.4 Å². The van der Waals surface area contributed by atoms with Gasteiger partial charge in [0.2, 0.25) is 0 Å². The first kappa shape index (κ1) is 22.9. The molecule has 35 heavy (non-hydrogen) atoms. The summed E-state index contributed by atoms with van der Waals surface area (Å²) in [5, 5.41) is 10.0. The topological polar surface area (TPSA) is 75.9 Å². The van der Waals surface area contributed by atoms with Gasteiger partial charge in [0.1, 0.15) is 0 Å². The molecule has 0 spiro atoms. The molecular weight excluding hydrogens is 454 g/mol. The lowest BCUT2D eigenvalue weighted by Crippen LogP contribution is -2.08. The molecule has 5 nitrogen and oxygen atoms in total. The Balaban J connectivity index is 1.21. The van der Waals surface area contributed by atoms with E-state index in [9.17, 15) is 0 Å². The van der Waals surface area contributed by atoms with Gasteiger partial charge in [-0.25, -0.2) is 0 Å². The van der Waals surface area contributed by atoms with Gasteiger partial charge in [0.15, 0.2) is 0 Å². The molecule has 6 heteroatoms. The Morgan fingerprint density at radius 2 is 1.29 bits per heavy atom. The van der Waals surface area contributed by atoms with Crippen LogP contribution in [0.3, 0.4) is 0 Å². The third kappa shape index (κ3) is 5.47. The number of nitrogens with two attached hydrogens (primary N) is 1. The van der Waals surface area contributed by atoms with E-state index in [1.165, 1.54) is 16.7 Å². The van der Waals surface area contributed by atoms with Crippen molar-refractivity contribution in [1.29, 1.82) is 0 Å². The lowest BCUT2D eigenvalue weighted by atomic mass is 10.0. The number of aromatic nitrogens is 2. The number of benzene rings is 3. The van der Waals surface area contributed by atoms with Gasteiger partial charge in [0, 0.05) is 58.3 Å². The minimum Gasteiger partial charge on any atom is -0.399 e. The molecule has 0 unspecified atom stereocenters. The van der Waals surface area contributed by atoms with Crippen LogP contribution in [0.25, 0.3) is 21.8 Å². The van der Waals surface area contributed by atoms with Crippen molar-refractivity contribution in [2.45, 2.75) is 19.8 Å². The number of halogens is 1. The first-order valence-corrected chi connectivity index (χ1v) is 12.2. The largest absolute Gasteiger partial charge is 0.399 e. The number of nitrogen functional groups attached to an aromatic ring is 1. The van der Waals surface area contributed by atoms with E-state index in [0.29, 0.717) is 5.02 Å². The van der Waals surface area contributed by atoms with Gasteiger partial charge in [0.25, 0.3) is 0 Å². The second kappa shape index (κ2) is 10.2. The molecule has 2 aromatic heterocycles. The molecule has 4 N–H and O–H groups in total. The smallest absolute Gasteiger partial charge is 0.0737 e. The molecule has 176 valence electrons. The Bertz CT molecular complexity index is 1390. The molecule has 0 fully saturated rings. The zero-order valence-electron chi connectivity index (χ0n) is 19.7. The first-order chi connectivity index (χ1) is 17.0. The van der Waals surface area contributed by atoms with E-state index in [0.717, 1.165) is 64.8 Å². The fourth-order valence-corrected chi connectivity index (χ4v) is 4.62. The van der Waals surface area contributed by atoms with Crippen LogP contribution in [0.4, 0.5) is 17.1 Å². The first-order valence-electron chi connectivity index (χ1n) is 11.8. The molecule has 0 atom stereocenters. The maximum atomic E-state index is 6.23. The van der Waals surface area contributed by atoms with Crippen LogP contribution in [-0.4, -0.2) is 23.1 Å². The monoisotopic (exact) mass is 481 g/mol. The number of nitrogens with one attached hydrogen (secondary N) is 2. The Morgan fingerprint density at radius 1 is 0.714 bits per heavy atom. The highest BCUT2D eigenvalue weighted by molar-refractivity contribution is 6.31. The van der Waals surface area contributed by atoms with E-state index < -0.39 is 0 Å². The maximum absolute atomic E-state index is 6.23. The van der Waals surface area contributed by atoms with Gasteiger partial charge in [-0.1, -0.05) is 29.8 Å². The summed E-state index contributed by atoms with van der Waals surface area (Å²) in [6.07, 6.45) is 5.42. The molecule has 0 radical (unpaired) electrons. The van der Waals surface area contributed by atoms with Crippen molar-refractivity contribution in [3.05, 3.63) is 101 Å².